The van der Waals surface area contributed by atoms with E-state index < -0.39 is 5.91 Å². The maximum Gasteiger partial charge on any atom is 0.290 e. The Balaban J connectivity index is 1.92. The number of pyridine rings is 1. The fourth-order valence-corrected chi connectivity index (χ4v) is 3.76. The summed E-state index contributed by atoms with van der Waals surface area (Å²) in [6.07, 6.45) is 3.50. The predicted octanol–water partition coefficient (Wildman–Crippen LogP) is 3.80. The molecule has 1 N–H and O–H groups in total. The van der Waals surface area contributed by atoms with Crippen LogP contribution in [-0.4, -0.2) is 21.3 Å². The van der Waals surface area contributed by atoms with Crippen molar-refractivity contribution in [2.75, 3.05) is 0 Å². The third kappa shape index (κ3) is 2.64. The second kappa shape index (κ2) is 6.31. The number of fused-ring (bicyclic) bond motifs is 1. The van der Waals surface area contributed by atoms with Crippen molar-refractivity contribution < 1.29 is 14.4 Å². The van der Waals surface area contributed by atoms with Crippen molar-refractivity contribution in [1.29, 1.82) is 0 Å². The minimum Gasteiger partial charge on any atom is -0.313 e. The van der Waals surface area contributed by atoms with E-state index in [1.54, 1.807) is 18.2 Å². The molecule has 0 saturated carbocycles. The molecule has 4 rings (SSSR count). The average Bonchev–Trinajstić information content (AvgIpc) is 3.12. The van der Waals surface area contributed by atoms with E-state index in [9.17, 15) is 14.4 Å². The molecule has 0 spiro atoms. The summed E-state index contributed by atoms with van der Waals surface area (Å²) in [6, 6.07) is 14.7. The Morgan fingerprint density at radius 1 is 1.08 bits per heavy atom. The summed E-state index contributed by atoms with van der Waals surface area (Å²) >= 11 is 0.867. The van der Waals surface area contributed by atoms with E-state index in [1.165, 1.54) is 0 Å². The van der Waals surface area contributed by atoms with E-state index in [2.05, 4.69) is 5.32 Å². The summed E-state index contributed by atoms with van der Waals surface area (Å²) in [6.45, 7) is 1.86. The molecule has 1 aliphatic rings. The molecule has 6 heteroatoms. The van der Waals surface area contributed by atoms with Crippen molar-refractivity contribution in [3.8, 4) is 0 Å². The van der Waals surface area contributed by atoms with Gasteiger partial charge in [-0.15, -0.1) is 0 Å². The maximum absolute atomic E-state index is 13.1. The molecular formula is C20H14N2O3S. The number of ketones is 1. The summed E-state index contributed by atoms with van der Waals surface area (Å²) in [5.41, 5.74) is 3.49. The van der Waals surface area contributed by atoms with Crippen molar-refractivity contribution in [2.24, 2.45) is 0 Å². The highest BCUT2D eigenvalue weighted by atomic mass is 32.2. The summed E-state index contributed by atoms with van der Waals surface area (Å²) < 4.78 is 1.83. The molecule has 0 atom stereocenters. The zero-order chi connectivity index (χ0) is 18.3. The molecule has 1 aliphatic heterocycles. The quantitative estimate of drug-likeness (QED) is 0.568. The lowest BCUT2D eigenvalue weighted by atomic mass is 10.0. The minimum atomic E-state index is -0.411. The van der Waals surface area contributed by atoms with Gasteiger partial charge in [-0.2, -0.15) is 0 Å². The fraction of sp³-hybridized carbons (Fsp3) is 0.0500. The molecule has 3 aromatic rings. The lowest BCUT2D eigenvalue weighted by Gasteiger charge is -2.03. The van der Waals surface area contributed by atoms with Gasteiger partial charge in [-0.05, 0) is 42.5 Å². The van der Waals surface area contributed by atoms with Gasteiger partial charge in [0.2, 0.25) is 5.78 Å². The van der Waals surface area contributed by atoms with Crippen LogP contribution in [0.2, 0.25) is 0 Å². The Morgan fingerprint density at radius 2 is 1.81 bits per heavy atom. The van der Waals surface area contributed by atoms with E-state index >= 15 is 0 Å². The third-order valence-corrected chi connectivity index (χ3v) is 5.12. The largest absolute Gasteiger partial charge is 0.313 e. The normalized spacial score (nSPS) is 15.7. The molecule has 0 unspecified atom stereocenters. The van der Waals surface area contributed by atoms with E-state index in [4.69, 9.17) is 0 Å². The number of carbonyl (C=O) groups is 3. The Kier molecular flexibility index (Phi) is 3.97. The smallest absolute Gasteiger partial charge is 0.290 e. The van der Waals surface area contributed by atoms with Crippen LogP contribution >= 0.6 is 11.8 Å². The highest BCUT2D eigenvalue weighted by Gasteiger charge is 2.27. The van der Waals surface area contributed by atoms with Gasteiger partial charge in [-0.3, -0.25) is 19.7 Å². The number of benzene rings is 1. The number of thioether (sulfide) groups is 1. The van der Waals surface area contributed by atoms with Crippen LogP contribution in [0.5, 0.6) is 0 Å². The number of imide groups is 1. The second-order valence-electron chi connectivity index (χ2n) is 5.89. The number of hydrogen-bond donors (Lipinski definition) is 1. The van der Waals surface area contributed by atoms with Crippen molar-refractivity contribution in [1.82, 2.24) is 9.72 Å². The molecule has 1 aromatic carbocycles. The highest BCUT2D eigenvalue weighted by molar-refractivity contribution is 8.18. The second-order valence-corrected chi connectivity index (χ2v) is 6.91. The van der Waals surface area contributed by atoms with Crippen LogP contribution in [0.4, 0.5) is 4.79 Å². The summed E-state index contributed by atoms with van der Waals surface area (Å²) in [7, 11) is 0. The Labute approximate surface area is 153 Å². The van der Waals surface area contributed by atoms with Gasteiger partial charge in [0.05, 0.1) is 16.1 Å². The molecule has 1 saturated heterocycles. The number of aromatic nitrogens is 1. The summed E-state index contributed by atoms with van der Waals surface area (Å²) in [5, 5.41) is 1.87. The molecule has 26 heavy (non-hydrogen) atoms. The Bertz CT molecular complexity index is 1100. The summed E-state index contributed by atoms with van der Waals surface area (Å²) in [5.74, 6) is -0.501. The van der Waals surface area contributed by atoms with E-state index in [0.717, 1.165) is 28.4 Å². The topological polar surface area (TPSA) is 67.7 Å². The third-order valence-electron chi connectivity index (χ3n) is 4.30. The van der Waals surface area contributed by atoms with Crippen LogP contribution in [-0.2, 0) is 4.79 Å². The molecule has 128 valence electrons. The SMILES string of the molecule is Cc1c(C=C2SC(=O)NC2=O)c2ccccn2c1C(=O)c1ccccc1. The van der Waals surface area contributed by atoms with Crippen LogP contribution in [0.3, 0.4) is 0 Å². The van der Waals surface area contributed by atoms with Gasteiger partial charge in [0.15, 0.2) is 0 Å². The summed E-state index contributed by atoms with van der Waals surface area (Å²) in [4.78, 5) is 36.7. The Hall–Kier alpha value is -3.12. The lowest BCUT2D eigenvalue weighted by Crippen LogP contribution is -2.17. The van der Waals surface area contributed by atoms with Gasteiger partial charge in [-0.1, -0.05) is 36.4 Å². The zero-order valence-corrected chi connectivity index (χ0v) is 14.7. The van der Waals surface area contributed by atoms with Crippen molar-refractivity contribution >= 4 is 40.3 Å². The molecule has 5 nitrogen and oxygen atoms in total. The number of hydrogen-bond acceptors (Lipinski definition) is 4. The van der Waals surface area contributed by atoms with Gasteiger partial charge < -0.3 is 4.40 Å². The molecule has 2 aromatic heterocycles. The Morgan fingerprint density at radius 3 is 2.50 bits per heavy atom. The van der Waals surface area contributed by atoms with Gasteiger partial charge in [0, 0.05) is 17.3 Å². The fourth-order valence-electron chi connectivity index (χ4n) is 3.10. The number of rotatable bonds is 3. The monoisotopic (exact) mass is 362 g/mol. The highest BCUT2D eigenvalue weighted by Crippen LogP contribution is 2.31. The number of nitrogens with zero attached hydrogens (tertiary/aromatic N) is 1. The number of amides is 2. The minimum absolute atomic E-state index is 0.0893. The van der Waals surface area contributed by atoms with Gasteiger partial charge in [0.1, 0.15) is 0 Å². The van der Waals surface area contributed by atoms with E-state index in [-0.39, 0.29) is 11.0 Å². The predicted molar refractivity (Wildman–Crippen MR) is 101 cm³/mol. The molecule has 1 fully saturated rings. The first kappa shape index (κ1) is 16.4. The average molecular weight is 362 g/mol. The van der Waals surface area contributed by atoms with E-state index in [0.29, 0.717) is 16.2 Å². The van der Waals surface area contributed by atoms with E-state index in [1.807, 2.05) is 53.9 Å². The van der Waals surface area contributed by atoms with Crippen molar-refractivity contribution in [2.45, 2.75) is 6.92 Å². The lowest BCUT2D eigenvalue weighted by molar-refractivity contribution is -0.115. The van der Waals surface area contributed by atoms with Gasteiger partial charge >= 0.3 is 0 Å². The molecular weight excluding hydrogens is 348 g/mol. The van der Waals surface area contributed by atoms with Crippen LogP contribution in [0.1, 0.15) is 27.2 Å². The zero-order valence-electron chi connectivity index (χ0n) is 13.9. The first-order valence-corrected chi connectivity index (χ1v) is 8.82. The van der Waals surface area contributed by atoms with Crippen LogP contribution in [0, 0.1) is 6.92 Å². The number of carbonyl (C=O) groups excluding carboxylic acids is 3. The van der Waals surface area contributed by atoms with Crippen LogP contribution in [0.25, 0.3) is 11.6 Å². The molecule has 0 aliphatic carbocycles. The van der Waals surface area contributed by atoms with Crippen molar-refractivity contribution in [3.05, 3.63) is 82.0 Å². The molecule has 3 heterocycles. The van der Waals surface area contributed by atoms with Crippen molar-refractivity contribution in [3.63, 3.8) is 0 Å². The first-order valence-electron chi connectivity index (χ1n) is 8.00. The molecule has 0 bridgehead atoms. The van der Waals surface area contributed by atoms with Gasteiger partial charge in [0.25, 0.3) is 11.1 Å². The first-order chi connectivity index (χ1) is 12.6. The van der Waals surface area contributed by atoms with Gasteiger partial charge in [-0.25, -0.2) is 0 Å². The van der Waals surface area contributed by atoms with Crippen LogP contribution < -0.4 is 5.32 Å². The van der Waals surface area contributed by atoms with Crippen LogP contribution in [0.15, 0.2) is 59.6 Å². The molecule has 0 radical (unpaired) electrons. The number of nitrogens with one attached hydrogen (secondary N) is 1. The molecule has 2 amide bonds. The standard InChI is InChI=1S/C20H14N2O3S/c1-12-14(11-16-19(24)21-20(25)26-16)15-9-5-6-10-22(15)17(12)18(23)13-7-3-2-4-8-13/h2-11H,1H3,(H,21,24,25). The maximum atomic E-state index is 13.1.